The lowest BCUT2D eigenvalue weighted by Crippen LogP contribution is -2.55. The molecule has 5 heteroatoms. The highest BCUT2D eigenvalue weighted by Crippen LogP contribution is 2.24. The van der Waals surface area contributed by atoms with Crippen LogP contribution in [-0.2, 0) is 6.42 Å². The van der Waals surface area contributed by atoms with Gasteiger partial charge in [0.2, 0.25) is 0 Å². The van der Waals surface area contributed by atoms with Crippen molar-refractivity contribution in [2.24, 2.45) is 0 Å². The molecule has 0 bridgehead atoms. The average molecular weight is 331 g/mol. The van der Waals surface area contributed by atoms with E-state index in [1.165, 1.54) is 6.42 Å². The molecule has 1 N–H and O–H groups in total. The van der Waals surface area contributed by atoms with Crippen LogP contribution < -0.4 is 0 Å². The number of piperazine rings is 1. The second-order valence-electron chi connectivity index (χ2n) is 7.12. The van der Waals surface area contributed by atoms with E-state index >= 15 is 0 Å². The molecule has 2 heterocycles. The molecule has 24 heavy (non-hydrogen) atoms. The second-order valence-corrected chi connectivity index (χ2v) is 7.12. The molecular weight excluding hydrogens is 302 g/mol. The van der Waals surface area contributed by atoms with E-state index in [4.69, 9.17) is 0 Å². The lowest BCUT2D eigenvalue weighted by molar-refractivity contribution is 0.0928. The Morgan fingerprint density at radius 2 is 1.96 bits per heavy atom. The van der Waals surface area contributed by atoms with Gasteiger partial charge in [-0.1, -0.05) is 12.1 Å². The predicted molar refractivity (Wildman–Crippen MR) is 95.2 cm³/mol. The Labute approximate surface area is 144 Å². The van der Waals surface area contributed by atoms with Crippen molar-refractivity contribution in [1.29, 1.82) is 0 Å². The summed E-state index contributed by atoms with van der Waals surface area (Å²) < 4.78 is 0. The fraction of sp³-hybridized carbons (Fsp3) is 0.632. The number of likely N-dealkylation sites (tertiary alicyclic amines) is 1. The second kappa shape index (κ2) is 7.88. The van der Waals surface area contributed by atoms with Crippen molar-refractivity contribution in [1.82, 2.24) is 14.7 Å². The Morgan fingerprint density at radius 1 is 1.17 bits per heavy atom. The summed E-state index contributed by atoms with van der Waals surface area (Å²) in [6.45, 7) is 4.49. The minimum absolute atomic E-state index is 0.226. The molecule has 0 aliphatic carbocycles. The monoisotopic (exact) mass is 331 g/mol. The van der Waals surface area contributed by atoms with Crippen molar-refractivity contribution in [2.75, 3.05) is 39.8 Å². The molecular formula is C19H29N3O2. The Bertz CT molecular complexity index is 555. The van der Waals surface area contributed by atoms with Gasteiger partial charge < -0.3 is 19.8 Å². The van der Waals surface area contributed by atoms with E-state index in [0.29, 0.717) is 11.8 Å². The first-order valence-electron chi connectivity index (χ1n) is 9.15. The summed E-state index contributed by atoms with van der Waals surface area (Å²) in [5.41, 5.74) is 1.15. The summed E-state index contributed by atoms with van der Waals surface area (Å²) in [6.07, 6.45) is 5.30. The van der Waals surface area contributed by atoms with Crippen LogP contribution in [0.3, 0.4) is 0 Å². The number of likely N-dealkylation sites (N-methyl/N-ethyl adjacent to an activating group) is 1. The normalized spacial score (nSPS) is 22.6. The molecule has 1 atom stereocenters. The van der Waals surface area contributed by atoms with Gasteiger partial charge in [-0.05, 0) is 56.8 Å². The summed E-state index contributed by atoms with van der Waals surface area (Å²) in [6, 6.07) is 8.02. The first-order chi connectivity index (χ1) is 11.6. The molecule has 0 saturated carbocycles. The van der Waals surface area contributed by atoms with Crippen LogP contribution in [-0.4, -0.2) is 71.7 Å². The molecule has 1 aromatic carbocycles. The molecule has 5 nitrogen and oxygen atoms in total. The smallest absolute Gasteiger partial charge is 0.320 e. The molecule has 2 amide bonds. The predicted octanol–water partition coefficient (Wildman–Crippen LogP) is 2.55. The quantitative estimate of drug-likeness (QED) is 0.926. The Morgan fingerprint density at radius 3 is 2.71 bits per heavy atom. The molecule has 0 radical (unpaired) electrons. The van der Waals surface area contributed by atoms with Crippen molar-refractivity contribution < 1.29 is 9.90 Å². The molecule has 132 valence electrons. The number of carbonyl (C=O) groups excluding carboxylic acids is 1. The minimum atomic E-state index is 0.226. The zero-order valence-electron chi connectivity index (χ0n) is 14.7. The van der Waals surface area contributed by atoms with Crippen LogP contribution in [0, 0.1) is 0 Å². The van der Waals surface area contributed by atoms with Crippen LogP contribution in [0.1, 0.15) is 31.2 Å². The zero-order chi connectivity index (χ0) is 16.9. The lowest BCUT2D eigenvalue weighted by Gasteiger charge is -2.41. The number of amides is 2. The Balaban J connectivity index is 1.59. The summed E-state index contributed by atoms with van der Waals surface area (Å²) in [5, 5.41) is 9.61. The van der Waals surface area contributed by atoms with E-state index in [1.54, 1.807) is 6.07 Å². The van der Waals surface area contributed by atoms with Crippen LogP contribution in [0.5, 0.6) is 5.75 Å². The Kier molecular flexibility index (Phi) is 5.61. The van der Waals surface area contributed by atoms with Crippen LogP contribution in [0.25, 0.3) is 0 Å². The first-order valence-corrected chi connectivity index (χ1v) is 9.15. The summed E-state index contributed by atoms with van der Waals surface area (Å²) in [5.74, 6) is 0.321. The number of benzene rings is 1. The molecule has 2 saturated heterocycles. The SMILES string of the molecule is CN1CCN(C(=O)N2CCCC[C@H]2CCc2cccc(O)c2)CC1. The number of nitrogens with zero attached hydrogens (tertiary/aromatic N) is 3. The van der Waals surface area contributed by atoms with Gasteiger partial charge in [-0.3, -0.25) is 0 Å². The third-order valence-corrected chi connectivity index (χ3v) is 5.32. The lowest BCUT2D eigenvalue weighted by atomic mass is 9.96. The maximum atomic E-state index is 12.9. The summed E-state index contributed by atoms with van der Waals surface area (Å²) in [4.78, 5) is 19.3. The zero-order valence-corrected chi connectivity index (χ0v) is 14.7. The van der Waals surface area contributed by atoms with E-state index in [9.17, 15) is 9.90 Å². The molecule has 2 aliphatic rings. The fourth-order valence-corrected chi connectivity index (χ4v) is 3.78. The molecule has 0 unspecified atom stereocenters. The van der Waals surface area contributed by atoms with E-state index in [2.05, 4.69) is 22.9 Å². The number of hydrogen-bond donors (Lipinski definition) is 1. The molecule has 1 aromatic rings. The number of phenols is 1. The molecule has 3 rings (SSSR count). The van der Waals surface area contributed by atoms with E-state index < -0.39 is 0 Å². The average Bonchev–Trinajstić information content (AvgIpc) is 2.60. The van der Waals surface area contributed by atoms with Crippen molar-refractivity contribution >= 4 is 6.03 Å². The van der Waals surface area contributed by atoms with Gasteiger partial charge in [0.25, 0.3) is 0 Å². The van der Waals surface area contributed by atoms with Crippen LogP contribution in [0.2, 0.25) is 0 Å². The van der Waals surface area contributed by atoms with Gasteiger partial charge in [0.05, 0.1) is 0 Å². The number of carbonyl (C=O) groups is 1. The third-order valence-electron chi connectivity index (χ3n) is 5.32. The van der Waals surface area contributed by atoms with Gasteiger partial charge in [0.1, 0.15) is 5.75 Å². The molecule has 2 aliphatic heterocycles. The van der Waals surface area contributed by atoms with Gasteiger partial charge in [-0.25, -0.2) is 4.79 Å². The van der Waals surface area contributed by atoms with Crippen LogP contribution in [0.4, 0.5) is 4.79 Å². The van der Waals surface area contributed by atoms with Crippen molar-refractivity contribution in [2.45, 2.75) is 38.1 Å². The number of phenolic OH excluding ortho intramolecular Hbond substituents is 1. The number of aromatic hydroxyl groups is 1. The van der Waals surface area contributed by atoms with Crippen LogP contribution >= 0.6 is 0 Å². The van der Waals surface area contributed by atoms with Gasteiger partial charge in [0.15, 0.2) is 0 Å². The van der Waals surface area contributed by atoms with Crippen LogP contribution in [0.15, 0.2) is 24.3 Å². The standard InChI is InChI=1S/C19H29N3O2/c1-20-11-13-21(14-12-20)19(24)22-10-3-2-6-17(22)9-8-16-5-4-7-18(23)15-16/h4-5,7,15,17,23H,2-3,6,8-14H2,1H3/t17-/m0/s1. The highest BCUT2D eigenvalue weighted by Gasteiger charge is 2.30. The first kappa shape index (κ1) is 17.1. The summed E-state index contributed by atoms with van der Waals surface area (Å²) in [7, 11) is 2.11. The topological polar surface area (TPSA) is 47.0 Å². The van der Waals surface area contributed by atoms with Gasteiger partial charge in [0, 0.05) is 38.8 Å². The maximum absolute atomic E-state index is 12.9. The minimum Gasteiger partial charge on any atom is -0.508 e. The number of piperidine rings is 1. The van der Waals surface area contributed by atoms with E-state index in [1.807, 2.05) is 17.0 Å². The van der Waals surface area contributed by atoms with E-state index in [-0.39, 0.29) is 6.03 Å². The number of urea groups is 1. The number of rotatable bonds is 3. The van der Waals surface area contributed by atoms with Gasteiger partial charge in [-0.2, -0.15) is 0 Å². The van der Waals surface area contributed by atoms with Crippen molar-refractivity contribution in [3.8, 4) is 5.75 Å². The molecule has 0 spiro atoms. The summed E-state index contributed by atoms with van der Waals surface area (Å²) >= 11 is 0. The van der Waals surface area contributed by atoms with Gasteiger partial charge in [-0.15, -0.1) is 0 Å². The molecule has 0 aromatic heterocycles. The maximum Gasteiger partial charge on any atom is 0.320 e. The van der Waals surface area contributed by atoms with Crippen molar-refractivity contribution in [3.05, 3.63) is 29.8 Å². The van der Waals surface area contributed by atoms with Crippen molar-refractivity contribution in [3.63, 3.8) is 0 Å². The number of hydrogen-bond acceptors (Lipinski definition) is 3. The largest absolute Gasteiger partial charge is 0.508 e. The van der Waals surface area contributed by atoms with E-state index in [0.717, 1.165) is 64.0 Å². The number of aryl methyl sites for hydroxylation is 1. The third kappa shape index (κ3) is 4.20. The highest BCUT2D eigenvalue weighted by atomic mass is 16.3. The highest BCUT2D eigenvalue weighted by molar-refractivity contribution is 5.75. The fourth-order valence-electron chi connectivity index (χ4n) is 3.78. The van der Waals surface area contributed by atoms with Gasteiger partial charge >= 0.3 is 6.03 Å². The Hall–Kier alpha value is -1.75. The molecule has 2 fully saturated rings.